The van der Waals surface area contributed by atoms with Gasteiger partial charge < -0.3 is 9.84 Å². The molecule has 0 radical (unpaired) electrons. The largest absolute Gasteiger partial charge is 0.480 e. The molecule has 32 heavy (non-hydrogen) atoms. The maximum absolute atomic E-state index is 13.7. The number of aryl methyl sites for hydroxylation is 2. The van der Waals surface area contributed by atoms with Crippen LogP contribution in [0.2, 0.25) is 25.1 Å². The summed E-state index contributed by atoms with van der Waals surface area (Å²) in [5.74, 6) is -2.98. The van der Waals surface area contributed by atoms with E-state index in [1.165, 1.54) is 12.1 Å². The lowest BCUT2D eigenvalue weighted by Crippen LogP contribution is -2.48. The van der Waals surface area contributed by atoms with Crippen molar-refractivity contribution in [1.82, 2.24) is 0 Å². The van der Waals surface area contributed by atoms with Gasteiger partial charge in [0.1, 0.15) is 10.0 Å². The van der Waals surface area contributed by atoms with Gasteiger partial charge in [-0.05, 0) is 30.5 Å². The molecule has 0 aliphatic carbocycles. The summed E-state index contributed by atoms with van der Waals surface area (Å²) in [7, 11) is 0. The highest BCUT2D eigenvalue weighted by atomic mass is 35.5. The molecule has 0 fully saturated rings. The predicted octanol–water partition coefficient (Wildman–Crippen LogP) is 7.55. The summed E-state index contributed by atoms with van der Waals surface area (Å²) >= 11 is 30.6. The second-order valence-electron chi connectivity index (χ2n) is 7.03. The molecule has 3 rings (SSSR count). The Morgan fingerprint density at radius 1 is 0.812 bits per heavy atom. The third-order valence-corrected chi connectivity index (χ3v) is 7.23. The first kappa shape index (κ1) is 24.7. The molecule has 0 saturated carbocycles. The SMILES string of the molecule is Cc1ccc(C(C(=O)O)(C(=O)Oc2c(Cl)c(Cl)c(Cl)c(Cl)c2Cl)c2ccccc2)c(C)c1. The van der Waals surface area contributed by atoms with Crippen molar-refractivity contribution in [1.29, 1.82) is 0 Å². The van der Waals surface area contributed by atoms with Crippen molar-refractivity contribution >= 4 is 69.9 Å². The monoisotopic (exact) mass is 530 g/mol. The van der Waals surface area contributed by atoms with Crippen molar-refractivity contribution in [3.8, 4) is 5.75 Å². The Kier molecular flexibility index (Phi) is 7.33. The number of carboxylic acid groups (broad SMARTS) is 1. The normalized spacial score (nSPS) is 12.8. The first-order chi connectivity index (χ1) is 15.0. The molecule has 0 bridgehead atoms. The molecule has 0 amide bonds. The molecule has 0 saturated heterocycles. The minimum Gasteiger partial charge on any atom is -0.480 e. The van der Waals surface area contributed by atoms with Crippen molar-refractivity contribution in [2.45, 2.75) is 19.3 Å². The van der Waals surface area contributed by atoms with Crippen LogP contribution in [0.15, 0.2) is 48.5 Å². The smallest absolute Gasteiger partial charge is 0.338 e. The summed E-state index contributed by atoms with van der Waals surface area (Å²) in [6.45, 7) is 3.57. The van der Waals surface area contributed by atoms with E-state index in [0.29, 0.717) is 5.56 Å². The van der Waals surface area contributed by atoms with Crippen LogP contribution in [0.1, 0.15) is 22.3 Å². The maximum atomic E-state index is 13.7. The van der Waals surface area contributed by atoms with Gasteiger partial charge in [0.05, 0.1) is 15.1 Å². The number of ether oxygens (including phenoxy) is 1. The first-order valence-electron chi connectivity index (χ1n) is 9.13. The summed E-state index contributed by atoms with van der Waals surface area (Å²) in [5, 5.41) is 9.40. The molecule has 0 aliphatic heterocycles. The van der Waals surface area contributed by atoms with Crippen LogP contribution in [0.25, 0.3) is 0 Å². The number of carbonyl (C=O) groups excluding carboxylic acids is 1. The number of benzene rings is 3. The quantitative estimate of drug-likeness (QED) is 0.121. The summed E-state index contributed by atoms with van der Waals surface area (Å²) < 4.78 is 5.50. The van der Waals surface area contributed by atoms with E-state index in [2.05, 4.69) is 0 Å². The molecule has 0 aromatic heterocycles. The van der Waals surface area contributed by atoms with Gasteiger partial charge in [-0.15, -0.1) is 0 Å². The Morgan fingerprint density at radius 2 is 1.34 bits per heavy atom. The molecule has 9 heteroatoms. The molecule has 166 valence electrons. The number of hydrogen-bond donors (Lipinski definition) is 1. The van der Waals surface area contributed by atoms with E-state index in [1.807, 2.05) is 6.92 Å². The van der Waals surface area contributed by atoms with Crippen LogP contribution in [0.4, 0.5) is 0 Å². The highest BCUT2D eigenvalue weighted by Gasteiger charge is 2.52. The van der Waals surface area contributed by atoms with Gasteiger partial charge >= 0.3 is 11.9 Å². The minimum absolute atomic E-state index is 0.120. The lowest BCUT2D eigenvalue weighted by Gasteiger charge is -2.30. The summed E-state index contributed by atoms with van der Waals surface area (Å²) in [5.41, 5.74) is -0.343. The summed E-state index contributed by atoms with van der Waals surface area (Å²) in [6, 6.07) is 13.1. The minimum atomic E-state index is -2.23. The average molecular weight is 533 g/mol. The van der Waals surface area contributed by atoms with Crippen molar-refractivity contribution < 1.29 is 19.4 Å². The fraction of sp³-hybridized carbons (Fsp3) is 0.130. The fourth-order valence-electron chi connectivity index (χ4n) is 3.48. The highest BCUT2D eigenvalue weighted by molar-refractivity contribution is 6.55. The van der Waals surface area contributed by atoms with E-state index < -0.39 is 17.4 Å². The maximum Gasteiger partial charge on any atom is 0.338 e. The van der Waals surface area contributed by atoms with Crippen LogP contribution in [-0.2, 0) is 15.0 Å². The van der Waals surface area contributed by atoms with Crippen LogP contribution < -0.4 is 4.74 Å². The zero-order valence-electron chi connectivity index (χ0n) is 16.7. The second-order valence-corrected chi connectivity index (χ2v) is 8.92. The van der Waals surface area contributed by atoms with Crippen molar-refractivity contribution in [3.63, 3.8) is 0 Å². The van der Waals surface area contributed by atoms with Crippen LogP contribution in [0, 0.1) is 13.8 Å². The second kappa shape index (κ2) is 9.50. The Morgan fingerprint density at radius 3 is 1.84 bits per heavy atom. The van der Waals surface area contributed by atoms with Gasteiger partial charge in [-0.25, -0.2) is 4.79 Å². The Balaban J connectivity index is 2.31. The third kappa shape index (κ3) is 4.07. The van der Waals surface area contributed by atoms with Gasteiger partial charge in [0.25, 0.3) is 0 Å². The van der Waals surface area contributed by atoms with Gasteiger partial charge in [0.15, 0.2) is 5.75 Å². The van der Waals surface area contributed by atoms with Crippen LogP contribution in [0.3, 0.4) is 0 Å². The summed E-state index contributed by atoms with van der Waals surface area (Å²) in [4.78, 5) is 26.5. The standard InChI is InChI=1S/C23H15Cl5O4/c1-11-8-9-14(12(2)10-11)23(21(29)30,13-6-4-3-5-7-13)22(31)32-20-18(27)16(25)15(24)17(26)19(20)28/h3-10H,1-2H3,(H,29,30). The van der Waals surface area contributed by atoms with Crippen molar-refractivity contribution in [3.05, 3.63) is 95.9 Å². The average Bonchev–Trinajstić information content (AvgIpc) is 2.76. The van der Waals surface area contributed by atoms with E-state index in [-0.39, 0.29) is 42.0 Å². The number of aliphatic carboxylic acids is 1. The number of rotatable bonds is 5. The Hall–Kier alpha value is -1.95. The van der Waals surface area contributed by atoms with E-state index in [4.69, 9.17) is 62.7 Å². The van der Waals surface area contributed by atoms with E-state index >= 15 is 0 Å². The lowest BCUT2D eigenvalue weighted by atomic mass is 9.72. The Bertz CT molecular complexity index is 1200. The molecule has 0 aliphatic rings. The number of carbonyl (C=O) groups is 2. The zero-order valence-corrected chi connectivity index (χ0v) is 20.5. The fourth-order valence-corrected chi connectivity index (χ4v) is 4.67. The van der Waals surface area contributed by atoms with Crippen LogP contribution in [-0.4, -0.2) is 17.0 Å². The van der Waals surface area contributed by atoms with Crippen LogP contribution >= 0.6 is 58.0 Å². The summed E-state index contributed by atoms with van der Waals surface area (Å²) in [6.07, 6.45) is 0. The van der Waals surface area contributed by atoms with Crippen molar-refractivity contribution in [2.75, 3.05) is 0 Å². The number of halogens is 5. The molecule has 4 nitrogen and oxygen atoms in total. The lowest BCUT2D eigenvalue weighted by molar-refractivity contribution is -0.153. The molecule has 1 N–H and O–H groups in total. The number of carboxylic acids is 1. The molecular weight excluding hydrogens is 518 g/mol. The van der Waals surface area contributed by atoms with Crippen LogP contribution in [0.5, 0.6) is 5.75 Å². The Labute approximate surface area is 209 Å². The first-order valence-corrected chi connectivity index (χ1v) is 11.0. The van der Waals surface area contributed by atoms with Gasteiger partial charge in [-0.2, -0.15) is 0 Å². The molecule has 3 aromatic carbocycles. The molecule has 0 heterocycles. The van der Waals surface area contributed by atoms with Gasteiger partial charge in [-0.3, -0.25) is 4.79 Å². The molecule has 3 aromatic rings. The zero-order chi connectivity index (χ0) is 23.8. The third-order valence-electron chi connectivity index (χ3n) is 4.98. The molecule has 0 spiro atoms. The van der Waals surface area contributed by atoms with Gasteiger partial charge in [0.2, 0.25) is 5.41 Å². The van der Waals surface area contributed by atoms with Gasteiger partial charge in [-0.1, -0.05) is 112 Å². The van der Waals surface area contributed by atoms with E-state index in [1.54, 1.807) is 43.3 Å². The van der Waals surface area contributed by atoms with Crippen molar-refractivity contribution in [2.24, 2.45) is 0 Å². The number of hydrogen-bond acceptors (Lipinski definition) is 3. The molecular formula is C23H15Cl5O4. The number of esters is 1. The molecule has 1 atom stereocenters. The highest BCUT2D eigenvalue weighted by Crippen LogP contribution is 2.49. The predicted molar refractivity (Wildman–Crippen MR) is 128 cm³/mol. The van der Waals surface area contributed by atoms with E-state index in [0.717, 1.165) is 5.56 Å². The molecule has 1 unspecified atom stereocenters. The van der Waals surface area contributed by atoms with Gasteiger partial charge in [0, 0.05) is 0 Å². The van der Waals surface area contributed by atoms with E-state index in [9.17, 15) is 14.7 Å². The topological polar surface area (TPSA) is 63.6 Å².